The van der Waals surface area contributed by atoms with Crippen LogP contribution in [0.5, 0.6) is 0 Å². The monoisotopic (exact) mass is 1130 g/mol. The molecule has 3 atom stereocenters. The van der Waals surface area contributed by atoms with E-state index in [0.717, 1.165) is 70.6 Å². The lowest BCUT2D eigenvalue weighted by molar-refractivity contribution is -0.870. The maximum Gasteiger partial charge on any atom is 0.472 e. The summed E-state index contributed by atoms with van der Waals surface area (Å²) in [7, 11) is 1.51. The number of quaternary nitrogens is 1. The third kappa shape index (κ3) is 60.4. The number of allylic oxidation sites excluding steroid dienone is 7. The first kappa shape index (κ1) is 77.0. The first-order valence-electron chi connectivity index (χ1n) is 34.0. The highest BCUT2D eigenvalue weighted by molar-refractivity contribution is 7.47. The minimum Gasteiger partial charge on any atom is -0.456 e. The molecular weight excluding hydrogens is 1000 g/mol. The fourth-order valence-electron chi connectivity index (χ4n) is 10.0. The van der Waals surface area contributed by atoms with Gasteiger partial charge in [-0.1, -0.05) is 294 Å². The quantitative estimate of drug-likeness (QED) is 0.0205. The number of phosphoric ester groups is 1. The van der Waals surface area contributed by atoms with Gasteiger partial charge in [-0.3, -0.25) is 18.6 Å². The van der Waals surface area contributed by atoms with E-state index in [1.807, 2.05) is 33.3 Å². The van der Waals surface area contributed by atoms with E-state index in [1.165, 1.54) is 225 Å². The second kappa shape index (κ2) is 59.1. The van der Waals surface area contributed by atoms with E-state index in [9.17, 15) is 19.0 Å². The van der Waals surface area contributed by atoms with Gasteiger partial charge in [0.25, 0.3) is 0 Å². The van der Waals surface area contributed by atoms with E-state index in [2.05, 4.69) is 62.5 Å². The van der Waals surface area contributed by atoms with Crippen molar-refractivity contribution in [1.82, 2.24) is 5.32 Å². The van der Waals surface area contributed by atoms with Crippen molar-refractivity contribution < 1.29 is 37.3 Å². The summed E-state index contributed by atoms with van der Waals surface area (Å²) in [6.07, 6.45) is 74.0. The Morgan fingerprint density at radius 3 is 1.18 bits per heavy atom. The summed E-state index contributed by atoms with van der Waals surface area (Å²) in [5, 5.41) is 3.07. The molecule has 0 radical (unpaired) electrons. The molecule has 9 nitrogen and oxygen atoms in total. The van der Waals surface area contributed by atoms with Crippen LogP contribution in [0.25, 0.3) is 0 Å². The second-order valence-corrected chi connectivity index (χ2v) is 25.8. The molecule has 79 heavy (non-hydrogen) atoms. The summed E-state index contributed by atoms with van der Waals surface area (Å²) in [5.41, 5.74) is 0. The average Bonchev–Trinajstić information content (AvgIpc) is 3.41. The van der Waals surface area contributed by atoms with Gasteiger partial charge in [0.2, 0.25) is 5.91 Å². The molecule has 464 valence electrons. The molecule has 0 aliphatic heterocycles. The number of nitrogens with one attached hydrogen (secondary N) is 1. The van der Waals surface area contributed by atoms with Gasteiger partial charge in [-0.15, -0.1) is 0 Å². The molecule has 0 spiro atoms. The molecule has 1 amide bonds. The Morgan fingerprint density at radius 1 is 0.443 bits per heavy atom. The van der Waals surface area contributed by atoms with E-state index in [4.69, 9.17) is 13.8 Å². The topological polar surface area (TPSA) is 111 Å². The number of phosphoric acid groups is 1. The number of hydrogen-bond donors (Lipinski definition) is 2. The summed E-state index contributed by atoms with van der Waals surface area (Å²) in [6.45, 7) is 7.02. The van der Waals surface area contributed by atoms with Crippen molar-refractivity contribution in [2.45, 2.75) is 341 Å². The van der Waals surface area contributed by atoms with E-state index < -0.39 is 20.0 Å². The standard InChI is InChI=1S/C69H131N2O7P/c1-7-10-13-16-19-22-25-28-30-31-32-33-34-35-36-37-38-39-40-41-42-44-47-50-53-56-59-62-69(73)78-67(60-57-54-51-48-45-27-24-21-18-15-12-9-3)66(65-77-79(74,75)76-64-63-71(4,5)6)70-68(72)61-58-55-52-49-46-43-29-26-23-20-17-14-11-8-2/h19,22,28,30,32-33,57,60,66-67H,7-18,20-21,23-27,29,31,34-56,58-59,61-65H2,1-6H3,(H-,70,72,74,75)/p+1/b22-19-,30-28-,33-32-,60-57-. The first-order valence-corrected chi connectivity index (χ1v) is 35.5. The molecule has 0 aromatic carbocycles. The fraction of sp³-hybridized carbons (Fsp3) is 0.855. The number of unbranched alkanes of at least 4 members (excludes halogenated alkanes) is 40. The highest BCUT2D eigenvalue weighted by atomic mass is 31.2. The predicted octanol–water partition coefficient (Wildman–Crippen LogP) is 21.2. The van der Waals surface area contributed by atoms with Gasteiger partial charge in [-0.25, -0.2) is 4.57 Å². The Hall–Kier alpha value is -2.03. The zero-order chi connectivity index (χ0) is 57.9. The summed E-state index contributed by atoms with van der Waals surface area (Å²) in [5.74, 6) is -0.491. The number of likely N-dealkylation sites (N-methyl/N-ethyl adjacent to an activating group) is 1. The fourth-order valence-corrected chi connectivity index (χ4v) is 10.7. The van der Waals surface area contributed by atoms with Crippen LogP contribution in [0.4, 0.5) is 0 Å². The van der Waals surface area contributed by atoms with Crippen LogP contribution in [0, 0.1) is 0 Å². The molecule has 0 aliphatic carbocycles. The molecule has 3 unspecified atom stereocenters. The van der Waals surface area contributed by atoms with Crippen LogP contribution in [0.1, 0.15) is 329 Å². The van der Waals surface area contributed by atoms with Crippen molar-refractivity contribution >= 4 is 19.7 Å². The highest BCUT2D eigenvalue weighted by Gasteiger charge is 2.30. The zero-order valence-electron chi connectivity index (χ0n) is 53.1. The lowest BCUT2D eigenvalue weighted by Gasteiger charge is -2.27. The number of esters is 1. The SMILES string of the molecule is CCCCC/C=C\C/C=C\C/C=C\CCCCCCCCCCCCCCCCC(=O)OC(/C=C\CCCCCCCCCCCC)C(COP(=O)(O)OCC[N+](C)(C)C)NC(=O)CCCCCCCCCCCCCCCC. The number of carbonyl (C=O) groups excluding carboxylic acids is 2. The van der Waals surface area contributed by atoms with E-state index in [0.29, 0.717) is 23.9 Å². The van der Waals surface area contributed by atoms with Crippen LogP contribution >= 0.6 is 7.82 Å². The minimum absolute atomic E-state index is 0.0424. The van der Waals surface area contributed by atoms with Crippen molar-refractivity contribution in [3.8, 4) is 0 Å². The second-order valence-electron chi connectivity index (χ2n) is 24.4. The van der Waals surface area contributed by atoms with E-state index >= 15 is 0 Å². The number of amides is 1. The molecule has 10 heteroatoms. The van der Waals surface area contributed by atoms with Crippen LogP contribution in [-0.4, -0.2) is 74.3 Å². The van der Waals surface area contributed by atoms with Crippen LogP contribution in [0.15, 0.2) is 48.6 Å². The number of ether oxygens (including phenoxy) is 1. The van der Waals surface area contributed by atoms with Crippen molar-refractivity contribution in [2.24, 2.45) is 0 Å². The molecule has 0 aromatic heterocycles. The zero-order valence-corrected chi connectivity index (χ0v) is 54.0. The van der Waals surface area contributed by atoms with Gasteiger partial charge in [0.15, 0.2) is 0 Å². The lowest BCUT2D eigenvalue weighted by atomic mass is 10.0. The Morgan fingerprint density at radius 2 is 0.772 bits per heavy atom. The molecule has 0 heterocycles. The third-order valence-corrected chi connectivity index (χ3v) is 16.3. The molecule has 0 aliphatic rings. The van der Waals surface area contributed by atoms with E-state index in [-0.39, 0.29) is 25.1 Å². The van der Waals surface area contributed by atoms with Gasteiger partial charge >= 0.3 is 13.8 Å². The van der Waals surface area contributed by atoms with Crippen molar-refractivity contribution in [1.29, 1.82) is 0 Å². The number of hydrogen-bond acceptors (Lipinski definition) is 6. The molecule has 0 aromatic rings. The van der Waals surface area contributed by atoms with Gasteiger partial charge in [0.1, 0.15) is 19.3 Å². The molecule has 0 rings (SSSR count). The van der Waals surface area contributed by atoms with E-state index in [1.54, 1.807) is 0 Å². The van der Waals surface area contributed by atoms with Crippen molar-refractivity contribution in [3.05, 3.63) is 48.6 Å². The van der Waals surface area contributed by atoms with Crippen LogP contribution < -0.4 is 5.32 Å². The summed E-state index contributed by atoms with van der Waals surface area (Å²) >= 11 is 0. The van der Waals surface area contributed by atoms with Crippen LogP contribution in [0.3, 0.4) is 0 Å². The predicted molar refractivity (Wildman–Crippen MR) is 342 cm³/mol. The summed E-state index contributed by atoms with van der Waals surface area (Å²) in [6, 6.07) is -0.845. The third-order valence-electron chi connectivity index (χ3n) is 15.3. The average molecular weight is 1130 g/mol. The Bertz CT molecular complexity index is 1490. The van der Waals surface area contributed by atoms with Gasteiger partial charge in [-0.05, 0) is 70.3 Å². The van der Waals surface area contributed by atoms with Crippen LogP contribution in [0.2, 0.25) is 0 Å². The summed E-state index contributed by atoms with van der Waals surface area (Å²) in [4.78, 5) is 37.8. The molecule has 0 fully saturated rings. The van der Waals surface area contributed by atoms with Gasteiger partial charge in [0, 0.05) is 12.8 Å². The normalized spacial score (nSPS) is 13.9. The van der Waals surface area contributed by atoms with Crippen molar-refractivity contribution in [2.75, 3.05) is 40.9 Å². The number of rotatable bonds is 62. The van der Waals surface area contributed by atoms with Crippen LogP contribution in [-0.2, 0) is 27.9 Å². The molecule has 0 saturated carbocycles. The Kier molecular flexibility index (Phi) is 57.6. The molecule has 0 bridgehead atoms. The Balaban J connectivity index is 5.00. The molecular formula is C69H132N2O7P+. The Labute approximate surface area is 490 Å². The van der Waals surface area contributed by atoms with Gasteiger partial charge in [0.05, 0.1) is 33.8 Å². The number of carbonyl (C=O) groups is 2. The van der Waals surface area contributed by atoms with Gasteiger partial charge in [-0.2, -0.15) is 0 Å². The molecule has 2 N–H and O–H groups in total. The lowest BCUT2D eigenvalue weighted by Crippen LogP contribution is -2.47. The maximum absolute atomic E-state index is 13.5. The maximum atomic E-state index is 13.5. The minimum atomic E-state index is -4.45. The number of nitrogens with zero attached hydrogens (tertiary/aromatic N) is 1. The van der Waals surface area contributed by atoms with Crippen molar-refractivity contribution in [3.63, 3.8) is 0 Å². The largest absolute Gasteiger partial charge is 0.472 e. The highest BCUT2D eigenvalue weighted by Crippen LogP contribution is 2.43. The molecule has 0 saturated heterocycles. The smallest absolute Gasteiger partial charge is 0.456 e. The van der Waals surface area contributed by atoms with Gasteiger partial charge < -0.3 is 19.4 Å². The first-order chi connectivity index (χ1) is 38.4. The summed E-state index contributed by atoms with van der Waals surface area (Å²) < 4.78 is 30.8.